The first-order valence-electron chi connectivity index (χ1n) is 4.73. The van der Waals surface area contributed by atoms with Crippen molar-refractivity contribution in [2.45, 2.75) is 33.0 Å². The van der Waals surface area contributed by atoms with E-state index in [0.29, 0.717) is 12.8 Å². The van der Waals surface area contributed by atoms with Gasteiger partial charge in [-0.05, 0) is 12.8 Å². The van der Waals surface area contributed by atoms with Crippen LogP contribution in [0.1, 0.15) is 26.7 Å². The van der Waals surface area contributed by atoms with Crippen LogP contribution in [-0.4, -0.2) is 24.8 Å². The molecule has 0 aromatic carbocycles. The van der Waals surface area contributed by atoms with Crippen LogP contribution >= 0.6 is 0 Å². The molecule has 1 heterocycles. The highest BCUT2D eigenvalue weighted by molar-refractivity contribution is 6.01. The van der Waals surface area contributed by atoms with Gasteiger partial charge in [0.2, 0.25) is 0 Å². The highest BCUT2D eigenvalue weighted by Gasteiger charge is 2.51. The zero-order valence-electron chi connectivity index (χ0n) is 8.41. The third-order valence-corrected chi connectivity index (χ3v) is 2.66. The summed E-state index contributed by atoms with van der Waals surface area (Å²) >= 11 is 0. The van der Waals surface area contributed by atoms with Crippen LogP contribution in [-0.2, 0) is 19.1 Å². The van der Waals surface area contributed by atoms with Crippen molar-refractivity contribution in [2.24, 2.45) is 11.1 Å². The van der Waals surface area contributed by atoms with Gasteiger partial charge in [0, 0.05) is 0 Å². The molecule has 0 aromatic heterocycles. The molecule has 0 amide bonds. The van der Waals surface area contributed by atoms with E-state index in [9.17, 15) is 9.59 Å². The van der Waals surface area contributed by atoms with Crippen molar-refractivity contribution < 1.29 is 19.1 Å². The van der Waals surface area contributed by atoms with Crippen molar-refractivity contribution in [2.75, 3.05) is 6.54 Å². The van der Waals surface area contributed by atoms with Crippen molar-refractivity contribution in [3.63, 3.8) is 0 Å². The molecule has 0 atom stereocenters. The van der Waals surface area contributed by atoms with Gasteiger partial charge >= 0.3 is 11.9 Å². The van der Waals surface area contributed by atoms with Crippen molar-refractivity contribution in [1.82, 2.24) is 0 Å². The van der Waals surface area contributed by atoms with Crippen LogP contribution in [0.3, 0.4) is 0 Å². The van der Waals surface area contributed by atoms with E-state index in [-0.39, 0.29) is 6.54 Å². The van der Waals surface area contributed by atoms with E-state index in [2.05, 4.69) is 0 Å². The Balaban J connectivity index is 2.89. The average Bonchev–Trinajstić information content (AvgIpc) is 2.18. The molecule has 1 aliphatic heterocycles. The first-order valence-corrected chi connectivity index (χ1v) is 4.73. The number of nitrogens with two attached hydrogens (primary N) is 1. The lowest BCUT2D eigenvalue weighted by Crippen LogP contribution is -2.51. The van der Waals surface area contributed by atoms with E-state index in [0.717, 1.165) is 0 Å². The normalized spacial score (nSPS) is 21.6. The summed E-state index contributed by atoms with van der Waals surface area (Å²) in [5.41, 5.74) is 4.13. The highest BCUT2D eigenvalue weighted by Crippen LogP contribution is 2.34. The largest absolute Gasteiger partial charge is 0.423 e. The number of ether oxygens (including phenoxy) is 2. The quantitative estimate of drug-likeness (QED) is 0.520. The maximum absolute atomic E-state index is 11.6. The molecule has 1 saturated heterocycles. The van der Waals surface area contributed by atoms with Gasteiger partial charge in [-0.15, -0.1) is 0 Å². The molecular weight excluding hydrogens is 186 g/mol. The summed E-state index contributed by atoms with van der Waals surface area (Å²) in [5, 5.41) is 0. The van der Waals surface area contributed by atoms with Crippen LogP contribution in [0.4, 0.5) is 0 Å². The Bertz CT molecular complexity index is 227. The molecule has 0 aliphatic carbocycles. The van der Waals surface area contributed by atoms with E-state index in [1.807, 2.05) is 0 Å². The number of cyclic esters (lactones) is 2. The number of carbonyl (C=O) groups excluding carboxylic acids is 2. The fourth-order valence-corrected chi connectivity index (χ4v) is 1.50. The summed E-state index contributed by atoms with van der Waals surface area (Å²) in [6.07, 6.45) is -0.141. The van der Waals surface area contributed by atoms with Gasteiger partial charge in [-0.1, -0.05) is 13.8 Å². The van der Waals surface area contributed by atoms with Crippen molar-refractivity contribution in [1.29, 1.82) is 0 Å². The van der Waals surface area contributed by atoms with E-state index < -0.39 is 23.6 Å². The maximum Gasteiger partial charge on any atom is 0.326 e. The van der Waals surface area contributed by atoms with Gasteiger partial charge in [0.25, 0.3) is 6.29 Å². The monoisotopic (exact) mass is 201 g/mol. The summed E-state index contributed by atoms with van der Waals surface area (Å²) in [7, 11) is 0. The molecule has 0 saturated carbocycles. The Hall–Kier alpha value is -1.10. The van der Waals surface area contributed by atoms with Crippen molar-refractivity contribution >= 4 is 11.9 Å². The molecule has 80 valence electrons. The lowest BCUT2D eigenvalue weighted by molar-refractivity contribution is -0.222. The molecule has 5 heteroatoms. The third-order valence-electron chi connectivity index (χ3n) is 2.66. The smallest absolute Gasteiger partial charge is 0.326 e. The third kappa shape index (κ3) is 1.48. The molecule has 1 fully saturated rings. The average molecular weight is 201 g/mol. The lowest BCUT2D eigenvalue weighted by atomic mass is 9.82. The van der Waals surface area contributed by atoms with Gasteiger partial charge in [0.15, 0.2) is 5.41 Å². The van der Waals surface area contributed by atoms with E-state index >= 15 is 0 Å². The fourth-order valence-electron chi connectivity index (χ4n) is 1.50. The predicted molar refractivity (Wildman–Crippen MR) is 48.0 cm³/mol. The zero-order valence-corrected chi connectivity index (χ0v) is 8.41. The van der Waals surface area contributed by atoms with Crippen LogP contribution in [0.2, 0.25) is 0 Å². The first kappa shape index (κ1) is 11.0. The van der Waals surface area contributed by atoms with Crippen molar-refractivity contribution in [3.05, 3.63) is 0 Å². The lowest BCUT2D eigenvalue weighted by Gasteiger charge is -2.34. The Morgan fingerprint density at radius 2 is 1.64 bits per heavy atom. The second-order valence-electron chi connectivity index (χ2n) is 3.27. The first-order chi connectivity index (χ1) is 6.60. The molecule has 1 rings (SSSR count). The van der Waals surface area contributed by atoms with Gasteiger partial charge in [-0.2, -0.15) is 0 Å². The zero-order chi connectivity index (χ0) is 10.8. The second-order valence-corrected chi connectivity index (χ2v) is 3.27. The van der Waals surface area contributed by atoms with Crippen LogP contribution in [0.15, 0.2) is 0 Å². The van der Waals surface area contributed by atoms with Gasteiger partial charge in [0.1, 0.15) is 0 Å². The van der Waals surface area contributed by atoms with E-state index in [4.69, 9.17) is 15.2 Å². The molecule has 1 aliphatic rings. The minimum absolute atomic E-state index is 0.000981. The molecule has 14 heavy (non-hydrogen) atoms. The SMILES string of the molecule is CCC1(CC)C(=O)OC(CN)OC1=O. The van der Waals surface area contributed by atoms with Crippen LogP contribution in [0.5, 0.6) is 0 Å². The van der Waals surface area contributed by atoms with Crippen LogP contribution < -0.4 is 5.73 Å². The fraction of sp³-hybridized carbons (Fsp3) is 0.778. The van der Waals surface area contributed by atoms with E-state index in [1.54, 1.807) is 13.8 Å². The van der Waals surface area contributed by atoms with Crippen molar-refractivity contribution in [3.8, 4) is 0 Å². The van der Waals surface area contributed by atoms with Gasteiger partial charge in [-0.3, -0.25) is 9.59 Å². The Morgan fingerprint density at radius 1 is 1.21 bits per heavy atom. The molecule has 0 spiro atoms. The van der Waals surface area contributed by atoms with Gasteiger partial charge in [0.05, 0.1) is 6.54 Å². The molecule has 5 nitrogen and oxygen atoms in total. The van der Waals surface area contributed by atoms with Gasteiger partial charge in [-0.25, -0.2) is 0 Å². The predicted octanol–water partition coefficient (Wildman–Crippen LogP) is 0.178. The molecule has 0 bridgehead atoms. The number of esters is 2. The minimum atomic E-state index is -1.12. The Morgan fingerprint density at radius 3 is 1.93 bits per heavy atom. The molecule has 2 N–H and O–H groups in total. The Kier molecular flexibility index (Phi) is 3.10. The number of rotatable bonds is 3. The minimum Gasteiger partial charge on any atom is -0.423 e. The molecule has 0 aromatic rings. The standard InChI is InChI=1S/C9H15NO4/c1-3-9(4-2)7(11)13-6(5-10)14-8(9)12/h6H,3-5,10H2,1-2H3. The summed E-state index contributed by atoms with van der Waals surface area (Å²) in [5.74, 6) is -1.04. The summed E-state index contributed by atoms with van der Waals surface area (Å²) in [6, 6.07) is 0. The summed E-state index contributed by atoms with van der Waals surface area (Å²) in [4.78, 5) is 23.2. The summed E-state index contributed by atoms with van der Waals surface area (Å²) < 4.78 is 9.79. The summed E-state index contributed by atoms with van der Waals surface area (Å²) in [6.45, 7) is 3.52. The number of hydrogen-bond acceptors (Lipinski definition) is 5. The molecular formula is C9H15NO4. The highest BCUT2D eigenvalue weighted by atomic mass is 16.7. The topological polar surface area (TPSA) is 78.6 Å². The van der Waals surface area contributed by atoms with Crippen LogP contribution in [0.25, 0.3) is 0 Å². The molecule has 0 unspecified atom stereocenters. The molecule has 0 radical (unpaired) electrons. The van der Waals surface area contributed by atoms with Gasteiger partial charge < -0.3 is 15.2 Å². The second kappa shape index (κ2) is 3.96. The maximum atomic E-state index is 11.6. The number of hydrogen-bond donors (Lipinski definition) is 1. The Labute approximate surface area is 82.5 Å². The number of carbonyl (C=O) groups is 2. The van der Waals surface area contributed by atoms with Crippen LogP contribution in [0, 0.1) is 5.41 Å². The van der Waals surface area contributed by atoms with E-state index in [1.165, 1.54) is 0 Å².